The molecule has 1 aromatic heterocycles. The van der Waals surface area contributed by atoms with Crippen LogP contribution < -0.4 is 0 Å². The molecule has 5 nitrogen and oxygen atoms in total. The highest BCUT2D eigenvalue weighted by atomic mass is 32.2. The standard InChI is InChI=1S/C13H13NO4S3/c1-3-21(17,18)10-7-5-4-6-9(10)19-13-14-8(2)11(20-13)12(15)16/h4-7H,3H2,1-2H3,(H,15,16). The van der Waals surface area contributed by atoms with E-state index in [-0.39, 0.29) is 15.5 Å². The summed E-state index contributed by atoms with van der Waals surface area (Å²) in [5.74, 6) is -1.01. The van der Waals surface area contributed by atoms with Gasteiger partial charge in [0.05, 0.1) is 16.3 Å². The number of hydrogen-bond acceptors (Lipinski definition) is 6. The van der Waals surface area contributed by atoms with Crippen molar-refractivity contribution in [3.63, 3.8) is 0 Å². The maximum absolute atomic E-state index is 12.1. The average molecular weight is 343 g/mol. The zero-order valence-electron chi connectivity index (χ0n) is 11.4. The lowest BCUT2D eigenvalue weighted by Gasteiger charge is -2.06. The van der Waals surface area contributed by atoms with Gasteiger partial charge < -0.3 is 5.11 Å². The largest absolute Gasteiger partial charge is 0.477 e. The van der Waals surface area contributed by atoms with Gasteiger partial charge >= 0.3 is 5.97 Å². The Bertz CT molecular complexity index is 780. The molecular weight excluding hydrogens is 330 g/mol. The number of aromatic nitrogens is 1. The zero-order valence-corrected chi connectivity index (χ0v) is 13.8. The number of carboxylic acid groups (broad SMARTS) is 1. The summed E-state index contributed by atoms with van der Waals surface area (Å²) in [5, 5.41) is 9.03. The van der Waals surface area contributed by atoms with Crippen LogP contribution in [0.5, 0.6) is 0 Å². The molecule has 0 aliphatic carbocycles. The Labute approximate surface area is 131 Å². The Morgan fingerprint density at radius 1 is 1.38 bits per heavy atom. The molecule has 0 atom stereocenters. The van der Waals surface area contributed by atoms with Crippen LogP contribution in [0.2, 0.25) is 0 Å². The Hall–Kier alpha value is -1.38. The first kappa shape index (κ1) is 16.0. The summed E-state index contributed by atoms with van der Waals surface area (Å²) < 4.78 is 24.7. The highest BCUT2D eigenvalue weighted by Crippen LogP contribution is 2.36. The van der Waals surface area contributed by atoms with Gasteiger partial charge in [-0.1, -0.05) is 30.8 Å². The van der Waals surface area contributed by atoms with Gasteiger partial charge in [0, 0.05) is 4.90 Å². The van der Waals surface area contributed by atoms with E-state index >= 15 is 0 Å². The van der Waals surface area contributed by atoms with E-state index in [4.69, 9.17) is 5.11 Å². The molecule has 0 spiro atoms. The summed E-state index contributed by atoms with van der Waals surface area (Å²) in [4.78, 5) is 16.2. The molecule has 8 heteroatoms. The van der Waals surface area contributed by atoms with Crippen molar-refractivity contribution in [2.75, 3.05) is 5.75 Å². The Morgan fingerprint density at radius 2 is 2.05 bits per heavy atom. The number of aromatic carboxylic acids is 1. The van der Waals surface area contributed by atoms with Gasteiger partial charge in [-0.3, -0.25) is 0 Å². The first-order valence-electron chi connectivity index (χ1n) is 6.05. The van der Waals surface area contributed by atoms with Crippen molar-refractivity contribution >= 4 is 38.9 Å². The van der Waals surface area contributed by atoms with Gasteiger partial charge in [-0.05, 0) is 19.1 Å². The van der Waals surface area contributed by atoms with Gasteiger partial charge in [-0.2, -0.15) is 0 Å². The smallest absolute Gasteiger partial charge is 0.347 e. The van der Waals surface area contributed by atoms with Crippen LogP contribution in [-0.4, -0.2) is 30.2 Å². The Balaban J connectivity index is 2.41. The van der Waals surface area contributed by atoms with Crippen LogP contribution in [0, 0.1) is 6.92 Å². The van der Waals surface area contributed by atoms with Crippen LogP contribution in [0.3, 0.4) is 0 Å². The van der Waals surface area contributed by atoms with Crippen LogP contribution in [0.1, 0.15) is 22.3 Å². The van der Waals surface area contributed by atoms with Gasteiger partial charge in [0.15, 0.2) is 14.2 Å². The van der Waals surface area contributed by atoms with Crippen molar-refractivity contribution < 1.29 is 18.3 Å². The Morgan fingerprint density at radius 3 is 2.62 bits per heavy atom. The molecule has 0 aliphatic rings. The van der Waals surface area contributed by atoms with Crippen LogP contribution in [-0.2, 0) is 9.84 Å². The highest BCUT2D eigenvalue weighted by Gasteiger charge is 2.19. The van der Waals surface area contributed by atoms with Gasteiger partial charge in [-0.25, -0.2) is 18.2 Å². The highest BCUT2D eigenvalue weighted by molar-refractivity contribution is 8.01. The molecule has 0 aliphatic heterocycles. The van der Waals surface area contributed by atoms with Crippen LogP contribution in [0.15, 0.2) is 38.4 Å². The fourth-order valence-corrected chi connectivity index (χ4v) is 5.14. The van der Waals surface area contributed by atoms with E-state index in [1.54, 1.807) is 38.1 Å². The third-order valence-electron chi connectivity index (χ3n) is 2.73. The lowest BCUT2D eigenvalue weighted by molar-refractivity contribution is 0.0701. The minimum Gasteiger partial charge on any atom is -0.477 e. The number of carboxylic acids is 1. The van der Waals surface area contributed by atoms with Gasteiger partial charge in [0.1, 0.15) is 4.88 Å². The van der Waals surface area contributed by atoms with E-state index in [0.717, 1.165) is 11.3 Å². The number of thiazole rings is 1. The van der Waals surface area contributed by atoms with E-state index in [9.17, 15) is 13.2 Å². The van der Waals surface area contributed by atoms with Crippen LogP contribution in [0.4, 0.5) is 0 Å². The molecule has 0 bridgehead atoms. The van der Waals surface area contributed by atoms with Crippen molar-refractivity contribution in [2.45, 2.75) is 28.0 Å². The molecule has 0 fully saturated rings. The fraction of sp³-hybridized carbons (Fsp3) is 0.231. The third-order valence-corrected chi connectivity index (χ3v) is 6.93. The molecule has 2 rings (SSSR count). The molecule has 2 aromatic rings. The molecule has 0 radical (unpaired) electrons. The summed E-state index contributed by atoms with van der Waals surface area (Å²) in [6.45, 7) is 3.21. The topological polar surface area (TPSA) is 84.3 Å². The predicted octanol–water partition coefficient (Wildman–Crippen LogP) is 3.09. The lowest BCUT2D eigenvalue weighted by Crippen LogP contribution is -2.04. The molecule has 0 unspecified atom stereocenters. The predicted molar refractivity (Wildman–Crippen MR) is 82.1 cm³/mol. The summed E-state index contributed by atoms with van der Waals surface area (Å²) in [6, 6.07) is 6.67. The number of sulfone groups is 1. The van der Waals surface area contributed by atoms with Crippen LogP contribution in [0.25, 0.3) is 0 Å². The van der Waals surface area contributed by atoms with E-state index in [2.05, 4.69) is 4.98 Å². The molecule has 0 saturated carbocycles. The maximum Gasteiger partial charge on any atom is 0.347 e. The normalized spacial score (nSPS) is 11.5. The van der Waals surface area contributed by atoms with E-state index in [0.29, 0.717) is 14.9 Å². The first-order chi connectivity index (χ1) is 9.85. The molecule has 0 amide bonds. The fourth-order valence-electron chi connectivity index (χ4n) is 1.65. The molecular formula is C13H13NO4S3. The van der Waals surface area contributed by atoms with Gasteiger partial charge in [0.2, 0.25) is 0 Å². The molecule has 1 N–H and O–H groups in total. The van der Waals surface area contributed by atoms with Crippen molar-refractivity contribution in [2.24, 2.45) is 0 Å². The number of nitrogens with zero attached hydrogens (tertiary/aromatic N) is 1. The van der Waals surface area contributed by atoms with Gasteiger partial charge in [-0.15, -0.1) is 11.3 Å². The maximum atomic E-state index is 12.1. The average Bonchev–Trinajstić information content (AvgIpc) is 2.80. The van der Waals surface area contributed by atoms with E-state index in [1.807, 2.05) is 0 Å². The van der Waals surface area contributed by atoms with E-state index in [1.165, 1.54) is 11.8 Å². The van der Waals surface area contributed by atoms with Crippen molar-refractivity contribution in [3.8, 4) is 0 Å². The number of rotatable bonds is 5. The van der Waals surface area contributed by atoms with E-state index < -0.39 is 15.8 Å². The molecule has 0 saturated heterocycles. The Kier molecular flexibility index (Phi) is 4.70. The minimum atomic E-state index is -3.33. The lowest BCUT2D eigenvalue weighted by atomic mass is 10.4. The SMILES string of the molecule is CCS(=O)(=O)c1ccccc1Sc1nc(C)c(C(=O)O)s1. The van der Waals surface area contributed by atoms with Crippen LogP contribution >= 0.6 is 23.1 Å². The van der Waals surface area contributed by atoms with Gasteiger partial charge in [0.25, 0.3) is 0 Å². The molecule has 112 valence electrons. The number of carbonyl (C=O) groups is 1. The quantitative estimate of drug-likeness (QED) is 0.898. The second-order valence-corrected chi connectivity index (χ2v) is 8.69. The number of hydrogen-bond donors (Lipinski definition) is 1. The van der Waals surface area contributed by atoms with Crippen molar-refractivity contribution in [3.05, 3.63) is 34.8 Å². The third kappa shape index (κ3) is 3.45. The second kappa shape index (κ2) is 6.17. The summed E-state index contributed by atoms with van der Waals surface area (Å²) in [7, 11) is -3.33. The first-order valence-corrected chi connectivity index (χ1v) is 9.34. The molecule has 1 heterocycles. The monoisotopic (exact) mass is 343 g/mol. The summed E-state index contributed by atoms with van der Waals surface area (Å²) in [5.41, 5.74) is 0.436. The molecule has 21 heavy (non-hydrogen) atoms. The second-order valence-electron chi connectivity index (χ2n) is 4.15. The summed E-state index contributed by atoms with van der Waals surface area (Å²) >= 11 is 2.22. The van der Waals surface area contributed by atoms with Crippen molar-refractivity contribution in [1.82, 2.24) is 4.98 Å². The zero-order chi connectivity index (χ0) is 15.6. The minimum absolute atomic E-state index is 0.0157. The number of aryl methyl sites for hydroxylation is 1. The number of benzene rings is 1. The molecule has 1 aromatic carbocycles. The van der Waals surface area contributed by atoms with Crippen molar-refractivity contribution in [1.29, 1.82) is 0 Å². The summed E-state index contributed by atoms with van der Waals surface area (Å²) in [6.07, 6.45) is 0.